The third-order valence-corrected chi connectivity index (χ3v) is 6.87. The number of hydrogen-bond acceptors (Lipinski definition) is 7. The van der Waals surface area contributed by atoms with Crippen molar-refractivity contribution in [3.63, 3.8) is 0 Å². The lowest BCUT2D eigenvalue weighted by atomic mass is 10.0. The summed E-state index contributed by atoms with van der Waals surface area (Å²) in [6.45, 7) is 9.38. The van der Waals surface area contributed by atoms with Crippen LogP contribution in [0.1, 0.15) is 57.1 Å². The fourth-order valence-electron chi connectivity index (χ4n) is 4.90. The summed E-state index contributed by atoms with van der Waals surface area (Å²) >= 11 is 0. The van der Waals surface area contributed by atoms with E-state index in [2.05, 4.69) is 37.1 Å². The molecule has 5 rings (SSSR count). The summed E-state index contributed by atoms with van der Waals surface area (Å²) in [6.07, 6.45) is 3.99. The quantitative estimate of drug-likeness (QED) is 0.369. The zero-order valence-electron chi connectivity index (χ0n) is 21.3. The molecule has 8 nitrogen and oxygen atoms in total. The van der Waals surface area contributed by atoms with Gasteiger partial charge in [-0.1, -0.05) is 6.07 Å². The van der Waals surface area contributed by atoms with E-state index < -0.39 is 11.6 Å². The van der Waals surface area contributed by atoms with Crippen LogP contribution < -0.4 is 5.32 Å². The number of piperidine rings is 1. The smallest absolute Gasteiger partial charge is 0.229 e. The Morgan fingerprint density at radius 2 is 1.73 bits per heavy atom. The lowest BCUT2D eigenvalue weighted by molar-refractivity contribution is -0.121. The highest BCUT2D eigenvalue weighted by molar-refractivity contribution is 5.83. The largest absolute Gasteiger partial charge is 0.326 e. The van der Waals surface area contributed by atoms with Gasteiger partial charge in [0.25, 0.3) is 0 Å². The molecule has 0 radical (unpaired) electrons. The molecule has 0 spiro atoms. The van der Waals surface area contributed by atoms with Gasteiger partial charge in [0.05, 0.1) is 11.7 Å². The number of benzene rings is 1. The third-order valence-electron chi connectivity index (χ3n) is 6.87. The number of halogens is 2. The molecule has 1 fully saturated rings. The van der Waals surface area contributed by atoms with E-state index in [1.54, 1.807) is 12.3 Å². The minimum Gasteiger partial charge on any atom is -0.326 e. The zero-order valence-corrected chi connectivity index (χ0v) is 21.3. The van der Waals surface area contributed by atoms with Gasteiger partial charge < -0.3 is 9.88 Å². The molecule has 0 bridgehead atoms. The highest BCUT2D eigenvalue weighted by Crippen LogP contribution is 2.30. The number of carbonyl (C=O) groups excluding carboxylic acids is 1. The SMILES string of the molecule is Cc1nc2c(F)cc(-c3nc(Nc4ccc(C(C)N5CCC(=O)CC5)cn4)ncc3F)cc2n1C(C)C. The zero-order chi connectivity index (χ0) is 26.3. The Bertz CT molecular complexity index is 1460. The topological polar surface area (TPSA) is 88.8 Å². The van der Waals surface area contributed by atoms with Crippen LogP contribution in [-0.4, -0.2) is 48.3 Å². The number of carbonyl (C=O) groups is 1. The number of imidazole rings is 1. The van der Waals surface area contributed by atoms with Crippen LogP contribution in [0.4, 0.5) is 20.5 Å². The number of aryl methyl sites for hydroxylation is 1. The summed E-state index contributed by atoms with van der Waals surface area (Å²) in [5.41, 5.74) is 2.14. The summed E-state index contributed by atoms with van der Waals surface area (Å²) in [7, 11) is 0. The lowest BCUT2D eigenvalue weighted by Gasteiger charge is -2.31. The van der Waals surface area contributed by atoms with Gasteiger partial charge in [-0.3, -0.25) is 9.69 Å². The highest BCUT2D eigenvalue weighted by Gasteiger charge is 2.22. The van der Waals surface area contributed by atoms with Crippen LogP contribution in [0.2, 0.25) is 0 Å². The van der Waals surface area contributed by atoms with E-state index in [0.717, 1.165) is 24.8 Å². The lowest BCUT2D eigenvalue weighted by Crippen LogP contribution is -2.35. The van der Waals surface area contributed by atoms with Gasteiger partial charge in [-0.05, 0) is 51.5 Å². The van der Waals surface area contributed by atoms with Crippen molar-refractivity contribution >= 4 is 28.6 Å². The molecule has 1 aliphatic heterocycles. The van der Waals surface area contributed by atoms with E-state index in [4.69, 9.17) is 0 Å². The van der Waals surface area contributed by atoms with Crippen molar-refractivity contribution in [3.8, 4) is 11.3 Å². The number of pyridine rings is 1. The predicted octanol–water partition coefficient (Wildman–Crippen LogP) is 5.53. The normalized spacial score (nSPS) is 15.5. The molecule has 3 aromatic heterocycles. The Labute approximate surface area is 213 Å². The van der Waals surface area contributed by atoms with Gasteiger partial charge in [-0.25, -0.2) is 28.7 Å². The maximum atomic E-state index is 14.9. The van der Waals surface area contributed by atoms with E-state index in [0.29, 0.717) is 41.3 Å². The van der Waals surface area contributed by atoms with Gasteiger partial charge in [0.2, 0.25) is 5.95 Å². The Morgan fingerprint density at radius 3 is 2.41 bits per heavy atom. The van der Waals surface area contributed by atoms with Crippen LogP contribution in [0, 0.1) is 18.6 Å². The number of nitrogens with zero attached hydrogens (tertiary/aromatic N) is 6. The highest BCUT2D eigenvalue weighted by atomic mass is 19.1. The van der Waals surface area contributed by atoms with Crippen LogP contribution in [0.25, 0.3) is 22.3 Å². The Balaban J connectivity index is 1.39. The van der Waals surface area contributed by atoms with Gasteiger partial charge in [0, 0.05) is 49.8 Å². The first kappa shape index (κ1) is 24.9. The second kappa shape index (κ2) is 9.93. The van der Waals surface area contributed by atoms with Gasteiger partial charge in [-0.2, -0.15) is 0 Å². The number of rotatable bonds is 6. The van der Waals surface area contributed by atoms with Crippen molar-refractivity contribution < 1.29 is 13.6 Å². The summed E-state index contributed by atoms with van der Waals surface area (Å²) < 4.78 is 31.6. The number of likely N-dealkylation sites (tertiary alicyclic amines) is 1. The van der Waals surface area contributed by atoms with Gasteiger partial charge in [0.1, 0.15) is 28.6 Å². The van der Waals surface area contributed by atoms with E-state index in [-0.39, 0.29) is 29.2 Å². The molecule has 1 N–H and O–H groups in total. The summed E-state index contributed by atoms with van der Waals surface area (Å²) in [5, 5.41) is 3.01. The van der Waals surface area contributed by atoms with Crippen molar-refractivity contribution in [3.05, 3.63) is 59.7 Å². The molecule has 1 unspecified atom stereocenters. The Morgan fingerprint density at radius 1 is 0.973 bits per heavy atom. The van der Waals surface area contributed by atoms with Gasteiger partial charge in [0.15, 0.2) is 11.6 Å². The van der Waals surface area contributed by atoms with Gasteiger partial charge >= 0.3 is 0 Å². The molecular weight excluding hydrogens is 476 g/mol. The number of fused-ring (bicyclic) bond motifs is 1. The predicted molar refractivity (Wildman–Crippen MR) is 138 cm³/mol. The summed E-state index contributed by atoms with van der Waals surface area (Å²) in [4.78, 5) is 31.0. The number of hydrogen-bond donors (Lipinski definition) is 1. The number of aromatic nitrogens is 5. The molecule has 4 heterocycles. The fraction of sp³-hybridized carbons (Fsp3) is 0.370. The Hall–Kier alpha value is -3.79. The maximum Gasteiger partial charge on any atom is 0.229 e. The van der Waals surface area contributed by atoms with Crippen molar-refractivity contribution in [1.29, 1.82) is 0 Å². The summed E-state index contributed by atoms with van der Waals surface area (Å²) in [5.74, 6) is 0.443. The molecular formula is C27H29F2N7O. The van der Waals surface area contributed by atoms with Crippen molar-refractivity contribution in [2.24, 2.45) is 0 Å². The first-order valence-electron chi connectivity index (χ1n) is 12.4. The fourth-order valence-corrected chi connectivity index (χ4v) is 4.90. The number of ketones is 1. The van der Waals surface area contributed by atoms with Crippen LogP contribution in [-0.2, 0) is 4.79 Å². The molecule has 1 aromatic carbocycles. The minimum atomic E-state index is -0.659. The first-order valence-corrected chi connectivity index (χ1v) is 12.4. The van der Waals surface area contributed by atoms with Crippen molar-refractivity contribution in [1.82, 2.24) is 29.4 Å². The summed E-state index contributed by atoms with van der Waals surface area (Å²) in [6, 6.07) is 6.91. The monoisotopic (exact) mass is 505 g/mol. The molecule has 1 atom stereocenters. The maximum absolute atomic E-state index is 14.9. The third kappa shape index (κ3) is 4.93. The van der Waals surface area contributed by atoms with Crippen LogP contribution >= 0.6 is 0 Å². The minimum absolute atomic E-state index is 0.0163. The van der Waals surface area contributed by atoms with Gasteiger partial charge in [-0.15, -0.1) is 0 Å². The molecule has 37 heavy (non-hydrogen) atoms. The molecule has 0 amide bonds. The second-order valence-corrected chi connectivity index (χ2v) is 9.69. The number of Topliss-reactive ketones (excluding diaryl/α,β-unsaturated/α-hetero) is 1. The van der Waals surface area contributed by atoms with Crippen LogP contribution in [0.3, 0.4) is 0 Å². The van der Waals surface area contributed by atoms with E-state index >= 15 is 0 Å². The molecule has 1 saturated heterocycles. The van der Waals surface area contributed by atoms with Crippen molar-refractivity contribution in [2.45, 2.75) is 52.6 Å². The first-order chi connectivity index (χ1) is 17.7. The number of nitrogens with one attached hydrogen (secondary N) is 1. The molecule has 0 aliphatic carbocycles. The van der Waals surface area contributed by atoms with Crippen LogP contribution in [0.5, 0.6) is 0 Å². The molecule has 192 valence electrons. The molecule has 4 aromatic rings. The van der Waals surface area contributed by atoms with Crippen molar-refractivity contribution in [2.75, 3.05) is 18.4 Å². The average Bonchev–Trinajstić information content (AvgIpc) is 3.22. The van der Waals surface area contributed by atoms with E-state index in [1.165, 1.54) is 6.07 Å². The second-order valence-electron chi connectivity index (χ2n) is 9.69. The van der Waals surface area contributed by atoms with E-state index in [1.807, 2.05) is 37.5 Å². The van der Waals surface area contributed by atoms with Crippen LogP contribution in [0.15, 0.2) is 36.7 Å². The standard InChI is InChI=1S/C27H29F2N7O/c1-15(2)36-17(4)32-26-21(28)11-19(12-23(26)36)25-22(29)14-31-27(34-25)33-24-6-5-18(13-30-24)16(3)35-9-7-20(37)8-10-35/h5-6,11-16H,7-10H2,1-4H3,(H,30,31,33,34). The molecule has 0 saturated carbocycles. The van der Waals surface area contributed by atoms with E-state index in [9.17, 15) is 13.6 Å². The average molecular weight is 506 g/mol. The molecule has 10 heteroatoms. The number of anilines is 2. The Kier molecular flexibility index (Phi) is 6.68. The molecule has 1 aliphatic rings.